The minimum atomic E-state index is 0.664. The van der Waals surface area contributed by atoms with Gasteiger partial charge in [-0.25, -0.2) is 4.98 Å². The molecule has 0 aliphatic carbocycles. The molecule has 1 N–H and O–H groups in total. The highest BCUT2D eigenvalue weighted by Gasteiger charge is 2.21. The molecule has 4 heteroatoms. The van der Waals surface area contributed by atoms with E-state index >= 15 is 0 Å². The number of aromatic nitrogens is 1. The zero-order valence-corrected chi connectivity index (χ0v) is 11.7. The first-order valence-electron chi connectivity index (χ1n) is 6.57. The number of likely N-dealkylation sites (N-methyl/N-ethyl adjacent to an activating group) is 1. The SMILES string of the molecule is CCC1CCNC(CN(C)Cc2cscn2)C1. The zero-order valence-electron chi connectivity index (χ0n) is 10.9. The van der Waals surface area contributed by atoms with E-state index in [0.29, 0.717) is 6.04 Å². The van der Waals surface area contributed by atoms with E-state index in [-0.39, 0.29) is 0 Å². The predicted molar refractivity (Wildman–Crippen MR) is 73.3 cm³/mol. The Kier molecular flexibility index (Phi) is 4.95. The molecule has 1 fully saturated rings. The highest BCUT2D eigenvalue weighted by atomic mass is 32.1. The third-order valence-electron chi connectivity index (χ3n) is 3.63. The predicted octanol–water partition coefficient (Wildman–Crippen LogP) is 2.35. The van der Waals surface area contributed by atoms with Crippen molar-refractivity contribution >= 4 is 11.3 Å². The van der Waals surface area contributed by atoms with Gasteiger partial charge in [0.25, 0.3) is 0 Å². The first kappa shape index (κ1) is 13.0. The van der Waals surface area contributed by atoms with Gasteiger partial charge in [0.1, 0.15) is 0 Å². The third kappa shape index (κ3) is 4.05. The maximum Gasteiger partial charge on any atom is 0.0795 e. The monoisotopic (exact) mass is 253 g/mol. The molecule has 0 radical (unpaired) electrons. The second-order valence-corrected chi connectivity index (χ2v) is 5.84. The number of hydrogen-bond donors (Lipinski definition) is 1. The molecule has 1 aliphatic heterocycles. The average Bonchev–Trinajstić information content (AvgIpc) is 2.82. The lowest BCUT2D eigenvalue weighted by atomic mass is 9.90. The summed E-state index contributed by atoms with van der Waals surface area (Å²) in [6.07, 6.45) is 4.01. The van der Waals surface area contributed by atoms with Crippen molar-refractivity contribution in [2.75, 3.05) is 20.1 Å². The highest BCUT2D eigenvalue weighted by molar-refractivity contribution is 7.07. The van der Waals surface area contributed by atoms with Crippen LogP contribution in [-0.4, -0.2) is 36.1 Å². The number of hydrogen-bond acceptors (Lipinski definition) is 4. The fourth-order valence-corrected chi connectivity index (χ4v) is 3.19. The van der Waals surface area contributed by atoms with Crippen LogP contribution in [0.2, 0.25) is 0 Å². The van der Waals surface area contributed by atoms with Gasteiger partial charge in [-0.05, 0) is 32.4 Å². The summed E-state index contributed by atoms with van der Waals surface area (Å²) in [6.45, 7) is 5.60. The van der Waals surface area contributed by atoms with Gasteiger partial charge in [0, 0.05) is 24.5 Å². The Labute approximate surface area is 108 Å². The molecule has 0 saturated carbocycles. The van der Waals surface area contributed by atoms with Crippen molar-refractivity contribution in [3.63, 3.8) is 0 Å². The van der Waals surface area contributed by atoms with Gasteiger partial charge in [0.15, 0.2) is 0 Å². The van der Waals surface area contributed by atoms with Crippen molar-refractivity contribution in [3.8, 4) is 0 Å². The van der Waals surface area contributed by atoms with Crippen molar-refractivity contribution in [1.29, 1.82) is 0 Å². The summed E-state index contributed by atoms with van der Waals surface area (Å²) < 4.78 is 0. The Balaban J connectivity index is 1.76. The summed E-state index contributed by atoms with van der Waals surface area (Å²) in [5.74, 6) is 0.925. The first-order valence-corrected chi connectivity index (χ1v) is 7.51. The van der Waals surface area contributed by atoms with Crippen LogP contribution in [-0.2, 0) is 6.54 Å². The summed E-state index contributed by atoms with van der Waals surface area (Å²) in [5, 5.41) is 5.77. The standard InChI is InChI=1S/C13H23N3S/c1-3-11-4-5-14-12(6-11)7-16(2)8-13-9-17-10-15-13/h9-12,14H,3-8H2,1-2H3. The normalized spacial score (nSPS) is 25.4. The molecule has 0 amide bonds. The maximum absolute atomic E-state index is 4.34. The summed E-state index contributed by atoms with van der Waals surface area (Å²) in [5.41, 5.74) is 3.11. The van der Waals surface area contributed by atoms with Gasteiger partial charge in [-0.3, -0.25) is 4.90 Å². The minimum absolute atomic E-state index is 0.664. The van der Waals surface area contributed by atoms with Crippen molar-refractivity contribution in [2.45, 2.75) is 38.8 Å². The number of rotatable bonds is 5. The number of piperidine rings is 1. The molecule has 1 aromatic heterocycles. The smallest absolute Gasteiger partial charge is 0.0795 e. The summed E-state index contributed by atoms with van der Waals surface area (Å²) >= 11 is 1.68. The van der Waals surface area contributed by atoms with Gasteiger partial charge in [-0.2, -0.15) is 0 Å². The molecule has 17 heavy (non-hydrogen) atoms. The van der Waals surface area contributed by atoms with Gasteiger partial charge in [0.05, 0.1) is 11.2 Å². The molecule has 1 aliphatic rings. The Hall–Kier alpha value is -0.450. The Morgan fingerprint density at radius 2 is 2.47 bits per heavy atom. The van der Waals surface area contributed by atoms with E-state index in [1.165, 1.54) is 31.5 Å². The van der Waals surface area contributed by atoms with E-state index in [2.05, 4.69) is 34.6 Å². The minimum Gasteiger partial charge on any atom is -0.313 e. The third-order valence-corrected chi connectivity index (χ3v) is 4.26. The van der Waals surface area contributed by atoms with Crippen LogP contribution in [0.1, 0.15) is 31.9 Å². The summed E-state index contributed by atoms with van der Waals surface area (Å²) in [7, 11) is 2.19. The van der Waals surface area contributed by atoms with E-state index in [4.69, 9.17) is 0 Å². The lowest BCUT2D eigenvalue weighted by Gasteiger charge is -2.32. The molecule has 0 bridgehead atoms. The van der Waals surface area contributed by atoms with Crippen LogP contribution in [0.15, 0.2) is 10.9 Å². The molecular weight excluding hydrogens is 230 g/mol. The Morgan fingerprint density at radius 3 is 3.18 bits per heavy atom. The number of nitrogens with one attached hydrogen (secondary N) is 1. The molecule has 3 nitrogen and oxygen atoms in total. The number of nitrogens with zero attached hydrogens (tertiary/aromatic N) is 2. The van der Waals surface area contributed by atoms with E-state index in [9.17, 15) is 0 Å². The molecule has 1 saturated heterocycles. The van der Waals surface area contributed by atoms with E-state index in [1.54, 1.807) is 11.3 Å². The van der Waals surface area contributed by atoms with Gasteiger partial charge >= 0.3 is 0 Å². The fourth-order valence-electron chi connectivity index (χ4n) is 2.64. The largest absolute Gasteiger partial charge is 0.313 e. The molecular formula is C13H23N3S. The molecule has 96 valence electrons. The van der Waals surface area contributed by atoms with E-state index in [0.717, 1.165) is 19.0 Å². The lowest BCUT2D eigenvalue weighted by molar-refractivity contribution is 0.219. The average molecular weight is 253 g/mol. The summed E-state index contributed by atoms with van der Waals surface area (Å²) in [4.78, 5) is 6.72. The van der Waals surface area contributed by atoms with Gasteiger partial charge in [-0.1, -0.05) is 13.3 Å². The molecule has 0 spiro atoms. The van der Waals surface area contributed by atoms with Crippen LogP contribution in [0.25, 0.3) is 0 Å². The second kappa shape index (κ2) is 6.47. The summed E-state index contributed by atoms with van der Waals surface area (Å²) in [6, 6.07) is 0.664. The second-order valence-electron chi connectivity index (χ2n) is 5.13. The van der Waals surface area contributed by atoms with Gasteiger partial charge in [-0.15, -0.1) is 11.3 Å². The van der Waals surface area contributed by atoms with Crippen LogP contribution < -0.4 is 5.32 Å². The number of thiazole rings is 1. The molecule has 0 aromatic carbocycles. The maximum atomic E-state index is 4.34. The Bertz CT molecular complexity index is 312. The van der Waals surface area contributed by atoms with Crippen LogP contribution in [0.4, 0.5) is 0 Å². The fraction of sp³-hybridized carbons (Fsp3) is 0.769. The van der Waals surface area contributed by atoms with Crippen molar-refractivity contribution in [1.82, 2.24) is 15.2 Å². The highest BCUT2D eigenvalue weighted by Crippen LogP contribution is 2.19. The molecule has 1 aromatic rings. The molecule has 2 unspecified atom stereocenters. The lowest BCUT2D eigenvalue weighted by Crippen LogP contribution is -2.44. The molecule has 2 rings (SSSR count). The van der Waals surface area contributed by atoms with Crippen LogP contribution in [0.3, 0.4) is 0 Å². The quantitative estimate of drug-likeness (QED) is 0.873. The van der Waals surface area contributed by atoms with Crippen molar-refractivity contribution in [2.24, 2.45) is 5.92 Å². The van der Waals surface area contributed by atoms with Gasteiger partial charge < -0.3 is 5.32 Å². The topological polar surface area (TPSA) is 28.2 Å². The van der Waals surface area contributed by atoms with Crippen LogP contribution >= 0.6 is 11.3 Å². The first-order chi connectivity index (χ1) is 8.28. The van der Waals surface area contributed by atoms with Crippen molar-refractivity contribution in [3.05, 3.63) is 16.6 Å². The van der Waals surface area contributed by atoms with Crippen LogP contribution in [0.5, 0.6) is 0 Å². The Morgan fingerprint density at radius 1 is 1.59 bits per heavy atom. The molecule has 2 atom stereocenters. The van der Waals surface area contributed by atoms with Crippen molar-refractivity contribution < 1.29 is 0 Å². The zero-order chi connectivity index (χ0) is 12.1. The van der Waals surface area contributed by atoms with Gasteiger partial charge in [0.2, 0.25) is 0 Å². The van der Waals surface area contributed by atoms with Crippen LogP contribution in [0, 0.1) is 5.92 Å². The van der Waals surface area contributed by atoms with E-state index in [1.807, 2.05) is 5.51 Å². The van der Waals surface area contributed by atoms with E-state index < -0.39 is 0 Å². The molecule has 2 heterocycles.